The van der Waals surface area contributed by atoms with E-state index in [2.05, 4.69) is 0 Å². The second kappa shape index (κ2) is 5.74. The van der Waals surface area contributed by atoms with E-state index in [1.807, 2.05) is 24.3 Å². The SMILES string of the molecule is NC(COc1cccc(Cl)c1)c1ccc(Cl)s1. The van der Waals surface area contributed by atoms with Crippen molar-refractivity contribution in [3.63, 3.8) is 0 Å². The predicted octanol–water partition coefficient (Wildman–Crippen LogP) is 4.13. The molecule has 2 aromatic rings. The first kappa shape index (κ1) is 12.7. The Kier molecular flexibility index (Phi) is 4.29. The summed E-state index contributed by atoms with van der Waals surface area (Å²) in [4.78, 5) is 1.01. The molecule has 1 atom stereocenters. The Labute approximate surface area is 114 Å². The Hall–Kier alpha value is -0.740. The molecule has 1 aromatic carbocycles. The molecule has 0 aliphatic rings. The largest absolute Gasteiger partial charge is 0.492 e. The van der Waals surface area contributed by atoms with Crippen molar-refractivity contribution in [2.75, 3.05) is 6.61 Å². The van der Waals surface area contributed by atoms with Crippen molar-refractivity contribution in [1.82, 2.24) is 0 Å². The average molecular weight is 288 g/mol. The molecule has 5 heteroatoms. The number of benzene rings is 1. The summed E-state index contributed by atoms with van der Waals surface area (Å²) in [6.07, 6.45) is 0. The smallest absolute Gasteiger partial charge is 0.120 e. The van der Waals surface area contributed by atoms with Gasteiger partial charge in [-0.25, -0.2) is 0 Å². The van der Waals surface area contributed by atoms with Crippen LogP contribution in [0, 0.1) is 0 Å². The third-order valence-corrected chi connectivity index (χ3v) is 3.78. The zero-order valence-corrected chi connectivity index (χ0v) is 11.2. The number of nitrogens with two attached hydrogens (primary N) is 1. The average Bonchev–Trinajstić information content (AvgIpc) is 2.73. The zero-order chi connectivity index (χ0) is 12.3. The number of hydrogen-bond acceptors (Lipinski definition) is 3. The molecule has 90 valence electrons. The molecular formula is C12H11Cl2NOS. The van der Waals surface area contributed by atoms with Crippen LogP contribution in [0.3, 0.4) is 0 Å². The quantitative estimate of drug-likeness (QED) is 0.918. The number of ether oxygens (including phenoxy) is 1. The maximum absolute atomic E-state index is 5.99. The Morgan fingerprint density at radius 3 is 2.71 bits per heavy atom. The summed E-state index contributed by atoms with van der Waals surface area (Å²) >= 11 is 13.2. The van der Waals surface area contributed by atoms with Crippen LogP contribution in [0.1, 0.15) is 10.9 Å². The van der Waals surface area contributed by atoms with E-state index in [1.165, 1.54) is 11.3 Å². The first-order valence-electron chi connectivity index (χ1n) is 5.04. The molecule has 0 aliphatic heterocycles. The van der Waals surface area contributed by atoms with E-state index in [1.54, 1.807) is 12.1 Å². The van der Waals surface area contributed by atoms with E-state index in [9.17, 15) is 0 Å². The van der Waals surface area contributed by atoms with Crippen molar-refractivity contribution < 1.29 is 4.74 Å². The van der Waals surface area contributed by atoms with Crippen LogP contribution in [0.4, 0.5) is 0 Å². The molecule has 0 spiro atoms. The Morgan fingerprint density at radius 1 is 1.24 bits per heavy atom. The molecule has 1 heterocycles. The fourth-order valence-electron chi connectivity index (χ4n) is 1.35. The number of hydrogen-bond donors (Lipinski definition) is 1. The van der Waals surface area contributed by atoms with Gasteiger partial charge in [-0.2, -0.15) is 0 Å². The van der Waals surface area contributed by atoms with Gasteiger partial charge in [0.2, 0.25) is 0 Å². The molecule has 0 aliphatic carbocycles. The summed E-state index contributed by atoms with van der Waals surface area (Å²) < 4.78 is 6.30. The maximum Gasteiger partial charge on any atom is 0.120 e. The molecule has 2 rings (SSSR count). The molecular weight excluding hydrogens is 277 g/mol. The molecule has 0 saturated carbocycles. The van der Waals surface area contributed by atoms with Crippen molar-refractivity contribution in [2.45, 2.75) is 6.04 Å². The highest BCUT2D eigenvalue weighted by Crippen LogP contribution is 2.26. The molecule has 2 nitrogen and oxygen atoms in total. The highest BCUT2D eigenvalue weighted by atomic mass is 35.5. The van der Waals surface area contributed by atoms with Crippen LogP contribution in [0.25, 0.3) is 0 Å². The summed E-state index contributed by atoms with van der Waals surface area (Å²) in [6, 6.07) is 10.8. The summed E-state index contributed by atoms with van der Waals surface area (Å²) in [5, 5.41) is 0.648. The van der Waals surface area contributed by atoms with Crippen LogP contribution in [0.2, 0.25) is 9.36 Å². The third kappa shape index (κ3) is 3.61. The fourth-order valence-corrected chi connectivity index (χ4v) is 2.58. The van der Waals surface area contributed by atoms with Gasteiger partial charge in [0.25, 0.3) is 0 Å². The Morgan fingerprint density at radius 2 is 2.06 bits per heavy atom. The lowest BCUT2D eigenvalue weighted by Gasteiger charge is -2.11. The summed E-state index contributed by atoms with van der Waals surface area (Å²) in [6.45, 7) is 0.400. The molecule has 0 bridgehead atoms. The molecule has 0 fully saturated rings. The van der Waals surface area contributed by atoms with Crippen molar-refractivity contribution in [1.29, 1.82) is 0 Å². The minimum Gasteiger partial charge on any atom is -0.492 e. The summed E-state index contributed by atoms with van der Waals surface area (Å²) in [5.74, 6) is 0.718. The van der Waals surface area contributed by atoms with Crippen molar-refractivity contribution in [3.8, 4) is 5.75 Å². The lowest BCUT2D eigenvalue weighted by atomic mass is 10.3. The topological polar surface area (TPSA) is 35.2 Å². The first-order chi connectivity index (χ1) is 8.15. The highest BCUT2D eigenvalue weighted by molar-refractivity contribution is 7.16. The van der Waals surface area contributed by atoms with Crippen LogP contribution >= 0.6 is 34.5 Å². The van der Waals surface area contributed by atoms with Gasteiger partial charge in [-0.1, -0.05) is 29.3 Å². The van der Waals surface area contributed by atoms with Gasteiger partial charge in [0.1, 0.15) is 12.4 Å². The van der Waals surface area contributed by atoms with Gasteiger partial charge < -0.3 is 10.5 Å². The Bertz CT molecular complexity index is 501. The lowest BCUT2D eigenvalue weighted by molar-refractivity contribution is 0.292. The first-order valence-corrected chi connectivity index (χ1v) is 6.61. The zero-order valence-electron chi connectivity index (χ0n) is 8.90. The van der Waals surface area contributed by atoms with Crippen molar-refractivity contribution in [3.05, 3.63) is 50.6 Å². The number of rotatable bonds is 4. The highest BCUT2D eigenvalue weighted by Gasteiger charge is 2.09. The van der Waals surface area contributed by atoms with Crippen LogP contribution < -0.4 is 10.5 Å². The molecule has 0 saturated heterocycles. The lowest BCUT2D eigenvalue weighted by Crippen LogP contribution is -2.17. The number of halogens is 2. The molecule has 0 radical (unpaired) electrons. The molecule has 17 heavy (non-hydrogen) atoms. The van der Waals surface area contributed by atoms with Gasteiger partial charge in [-0.15, -0.1) is 11.3 Å². The van der Waals surface area contributed by atoms with Crippen molar-refractivity contribution in [2.24, 2.45) is 5.73 Å². The fraction of sp³-hybridized carbons (Fsp3) is 0.167. The summed E-state index contributed by atoms with van der Waals surface area (Å²) in [7, 11) is 0. The van der Waals surface area contributed by atoms with Gasteiger partial charge in [0.05, 0.1) is 10.4 Å². The van der Waals surface area contributed by atoms with Gasteiger partial charge in [-0.3, -0.25) is 0 Å². The van der Waals surface area contributed by atoms with Gasteiger partial charge in [0, 0.05) is 9.90 Å². The third-order valence-electron chi connectivity index (χ3n) is 2.19. The van der Waals surface area contributed by atoms with Gasteiger partial charge in [0.15, 0.2) is 0 Å². The van der Waals surface area contributed by atoms with Crippen LogP contribution in [-0.4, -0.2) is 6.61 Å². The van der Waals surface area contributed by atoms with Crippen LogP contribution in [0.5, 0.6) is 5.75 Å². The Balaban J connectivity index is 1.94. The second-order valence-electron chi connectivity index (χ2n) is 3.52. The summed E-state index contributed by atoms with van der Waals surface area (Å²) in [5.41, 5.74) is 5.99. The van der Waals surface area contributed by atoms with E-state index in [4.69, 9.17) is 33.7 Å². The van der Waals surface area contributed by atoms with Crippen molar-refractivity contribution >= 4 is 34.5 Å². The number of thiophene rings is 1. The molecule has 0 amide bonds. The van der Waals surface area contributed by atoms with Crippen LogP contribution in [-0.2, 0) is 0 Å². The molecule has 1 aromatic heterocycles. The van der Waals surface area contributed by atoms with E-state index in [-0.39, 0.29) is 6.04 Å². The maximum atomic E-state index is 5.99. The predicted molar refractivity (Wildman–Crippen MR) is 73.2 cm³/mol. The standard InChI is InChI=1S/C12H11Cl2NOS/c13-8-2-1-3-9(6-8)16-7-10(15)11-4-5-12(14)17-11/h1-6,10H,7,15H2. The van der Waals surface area contributed by atoms with E-state index < -0.39 is 0 Å². The second-order valence-corrected chi connectivity index (χ2v) is 5.70. The minimum atomic E-state index is -0.175. The van der Waals surface area contributed by atoms with Crippen LogP contribution in [0.15, 0.2) is 36.4 Å². The molecule has 2 N–H and O–H groups in total. The minimum absolute atomic E-state index is 0.175. The van der Waals surface area contributed by atoms with Gasteiger partial charge >= 0.3 is 0 Å². The van der Waals surface area contributed by atoms with E-state index in [0.29, 0.717) is 11.6 Å². The normalized spacial score (nSPS) is 12.4. The van der Waals surface area contributed by atoms with E-state index >= 15 is 0 Å². The monoisotopic (exact) mass is 287 g/mol. The van der Waals surface area contributed by atoms with Gasteiger partial charge in [-0.05, 0) is 30.3 Å². The van der Waals surface area contributed by atoms with E-state index in [0.717, 1.165) is 15.0 Å². The molecule has 1 unspecified atom stereocenters.